The van der Waals surface area contributed by atoms with E-state index in [0.29, 0.717) is 17.2 Å². The molecule has 0 unspecified atom stereocenters. The number of rotatable bonds is 5. The molecule has 6 heteroatoms. The van der Waals surface area contributed by atoms with Crippen LogP contribution in [0.4, 0.5) is 5.69 Å². The third-order valence-corrected chi connectivity index (χ3v) is 4.02. The van der Waals surface area contributed by atoms with Gasteiger partial charge in [-0.2, -0.15) is 5.10 Å². The van der Waals surface area contributed by atoms with Crippen molar-refractivity contribution in [1.82, 2.24) is 14.8 Å². The van der Waals surface area contributed by atoms with Gasteiger partial charge in [0.15, 0.2) is 5.75 Å². The summed E-state index contributed by atoms with van der Waals surface area (Å²) in [4.78, 5) is 16.5. The Balaban J connectivity index is 1.75. The zero-order chi connectivity index (χ0) is 17.8. The highest BCUT2D eigenvalue weighted by Gasteiger charge is 2.15. The molecule has 0 atom stereocenters. The van der Waals surface area contributed by atoms with E-state index < -0.39 is 0 Å². The SMILES string of the molecule is Cc1nn(C)c(C)c1CC(=O)Nc1cnccc1Oc1ccccc1. The third-order valence-electron chi connectivity index (χ3n) is 4.02. The van der Waals surface area contributed by atoms with Crippen molar-refractivity contribution in [3.8, 4) is 11.5 Å². The minimum atomic E-state index is -0.134. The van der Waals surface area contributed by atoms with E-state index in [2.05, 4.69) is 15.4 Å². The highest BCUT2D eigenvalue weighted by molar-refractivity contribution is 5.93. The maximum Gasteiger partial charge on any atom is 0.229 e. The van der Waals surface area contributed by atoms with Gasteiger partial charge < -0.3 is 10.1 Å². The van der Waals surface area contributed by atoms with Gasteiger partial charge in [-0.25, -0.2) is 0 Å². The van der Waals surface area contributed by atoms with E-state index in [1.807, 2.05) is 51.2 Å². The van der Waals surface area contributed by atoms with E-state index >= 15 is 0 Å². The first kappa shape index (κ1) is 16.7. The van der Waals surface area contributed by atoms with Gasteiger partial charge in [0.25, 0.3) is 0 Å². The van der Waals surface area contributed by atoms with Crippen molar-refractivity contribution in [2.24, 2.45) is 7.05 Å². The van der Waals surface area contributed by atoms with Crippen LogP contribution in [0.1, 0.15) is 17.0 Å². The number of hydrogen-bond acceptors (Lipinski definition) is 4. The molecule has 128 valence electrons. The van der Waals surface area contributed by atoms with Crippen LogP contribution in [-0.4, -0.2) is 20.7 Å². The summed E-state index contributed by atoms with van der Waals surface area (Å²) in [5.74, 6) is 1.11. The summed E-state index contributed by atoms with van der Waals surface area (Å²) in [5.41, 5.74) is 3.33. The second-order valence-corrected chi connectivity index (χ2v) is 5.78. The van der Waals surface area contributed by atoms with Crippen molar-refractivity contribution in [3.05, 3.63) is 65.7 Å². The fourth-order valence-corrected chi connectivity index (χ4v) is 2.61. The highest BCUT2D eigenvalue weighted by Crippen LogP contribution is 2.28. The van der Waals surface area contributed by atoms with E-state index in [1.165, 1.54) is 0 Å². The number of ether oxygens (including phenoxy) is 1. The van der Waals surface area contributed by atoms with Gasteiger partial charge in [-0.3, -0.25) is 14.5 Å². The van der Waals surface area contributed by atoms with E-state index in [-0.39, 0.29) is 12.3 Å². The second kappa shape index (κ2) is 7.17. The first-order chi connectivity index (χ1) is 12.0. The van der Waals surface area contributed by atoms with E-state index in [9.17, 15) is 4.79 Å². The van der Waals surface area contributed by atoms with Crippen molar-refractivity contribution in [3.63, 3.8) is 0 Å². The zero-order valence-corrected chi connectivity index (χ0v) is 14.5. The number of carbonyl (C=O) groups excluding carboxylic acids is 1. The second-order valence-electron chi connectivity index (χ2n) is 5.78. The van der Waals surface area contributed by atoms with Crippen LogP contribution in [0.5, 0.6) is 11.5 Å². The summed E-state index contributed by atoms with van der Waals surface area (Å²) < 4.78 is 7.62. The van der Waals surface area contributed by atoms with Crippen LogP contribution in [0.2, 0.25) is 0 Å². The lowest BCUT2D eigenvalue weighted by molar-refractivity contribution is -0.115. The van der Waals surface area contributed by atoms with Crippen LogP contribution in [0.25, 0.3) is 0 Å². The van der Waals surface area contributed by atoms with Gasteiger partial charge in [0.2, 0.25) is 5.91 Å². The van der Waals surface area contributed by atoms with Crippen molar-refractivity contribution >= 4 is 11.6 Å². The molecule has 2 aromatic heterocycles. The Hall–Kier alpha value is -3.15. The number of carbonyl (C=O) groups is 1. The summed E-state index contributed by atoms with van der Waals surface area (Å²) >= 11 is 0. The molecule has 3 aromatic rings. The number of benzene rings is 1. The minimum Gasteiger partial charge on any atom is -0.455 e. The molecule has 1 amide bonds. The van der Waals surface area contributed by atoms with Gasteiger partial charge >= 0.3 is 0 Å². The molecule has 2 heterocycles. The van der Waals surface area contributed by atoms with Crippen LogP contribution in [0.15, 0.2) is 48.8 Å². The molecular formula is C19H20N4O2. The molecule has 0 saturated carbocycles. The van der Waals surface area contributed by atoms with Crippen molar-refractivity contribution < 1.29 is 9.53 Å². The summed E-state index contributed by atoms with van der Waals surface area (Å²) in [5, 5.41) is 7.22. The highest BCUT2D eigenvalue weighted by atomic mass is 16.5. The molecular weight excluding hydrogens is 316 g/mol. The average Bonchev–Trinajstić information content (AvgIpc) is 2.84. The lowest BCUT2D eigenvalue weighted by Crippen LogP contribution is -2.16. The number of nitrogens with zero attached hydrogens (tertiary/aromatic N) is 3. The molecule has 0 aliphatic heterocycles. The van der Waals surface area contributed by atoms with Crippen molar-refractivity contribution in [2.45, 2.75) is 20.3 Å². The molecule has 1 aromatic carbocycles. The maximum absolute atomic E-state index is 12.5. The zero-order valence-electron chi connectivity index (χ0n) is 14.5. The fraction of sp³-hybridized carbons (Fsp3) is 0.211. The smallest absolute Gasteiger partial charge is 0.229 e. The van der Waals surface area contributed by atoms with Crippen LogP contribution in [-0.2, 0) is 18.3 Å². The van der Waals surface area contributed by atoms with Crippen molar-refractivity contribution in [2.75, 3.05) is 5.32 Å². The summed E-state index contributed by atoms with van der Waals surface area (Å²) in [6.07, 6.45) is 3.47. The molecule has 0 spiro atoms. The predicted octanol–water partition coefficient (Wildman–Crippen LogP) is 3.41. The Morgan fingerprint density at radius 1 is 1.20 bits per heavy atom. The predicted molar refractivity (Wildman–Crippen MR) is 95.8 cm³/mol. The van der Waals surface area contributed by atoms with Gasteiger partial charge in [0.05, 0.1) is 18.3 Å². The first-order valence-electron chi connectivity index (χ1n) is 8.00. The molecule has 25 heavy (non-hydrogen) atoms. The molecule has 0 saturated heterocycles. The molecule has 0 aliphatic carbocycles. The number of anilines is 1. The average molecular weight is 336 g/mol. The van der Waals surface area contributed by atoms with Crippen LogP contribution in [0, 0.1) is 13.8 Å². The molecule has 1 N–H and O–H groups in total. The molecule has 0 radical (unpaired) electrons. The van der Waals surface area contributed by atoms with Crippen molar-refractivity contribution in [1.29, 1.82) is 0 Å². The number of aryl methyl sites for hydroxylation is 2. The fourth-order valence-electron chi connectivity index (χ4n) is 2.61. The van der Waals surface area contributed by atoms with Crippen LogP contribution in [0.3, 0.4) is 0 Å². The Bertz CT molecular complexity index is 888. The first-order valence-corrected chi connectivity index (χ1v) is 8.00. The van der Waals surface area contributed by atoms with E-state index in [0.717, 1.165) is 17.0 Å². The number of aromatic nitrogens is 3. The number of nitrogens with one attached hydrogen (secondary N) is 1. The molecule has 6 nitrogen and oxygen atoms in total. The van der Waals surface area contributed by atoms with Crippen LogP contribution >= 0.6 is 0 Å². The number of para-hydroxylation sites is 1. The van der Waals surface area contributed by atoms with E-state index in [4.69, 9.17) is 4.74 Å². The van der Waals surface area contributed by atoms with E-state index in [1.54, 1.807) is 23.1 Å². The normalized spacial score (nSPS) is 10.5. The van der Waals surface area contributed by atoms with Crippen LogP contribution < -0.4 is 10.1 Å². The van der Waals surface area contributed by atoms with Gasteiger partial charge in [-0.05, 0) is 26.0 Å². The van der Waals surface area contributed by atoms with Gasteiger partial charge in [0.1, 0.15) is 11.4 Å². The Labute approximate surface area is 146 Å². The third kappa shape index (κ3) is 3.85. The lowest BCUT2D eigenvalue weighted by atomic mass is 10.1. The number of amides is 1. The molecule has 0 fully saturated rings. The lowest BCUT2D eigenvalue weighted by Gasteiger charge is -2.12. The Kier molecular flexibility index (Phi) is 4.79. The van der Waals surface area contributed by atoms with Gasteiger partial charge in [0, 0.05) is 30.6 Å². The number of pyridine rings is 1. The molecule has 0 aliphatic rings. The topological polar surface area (TPSA) is 69.0 Å². The molecule has 3 rings (SSSR count). The largest absolute Gasteiger partial charge is 0.455 e. The summed E-state index contributed by atoms with van der Waals surface area (Å²) in [6, 6.07) is 11.1. The van der Waals surface area contributed by atoms with Gasteiger partial charge in [-0.1, -0.05) is 18.2 Å². The monoisotopic (exact) mass is 336 g/mol. The number of hydrogen-bond donors (Lipinski definition) is 1. The maximum atomic E-state index is 12.5. The van der Waals surface area contributed by atoms with Gasteiger partial charge in [-0.15, -0.1) is 0 Å². The summed E-state index contributed by atoms with van der Waals surface area (Å²) in [7, 11) is 1.87. The Morgan fingerprint density at radius 2 is 1.96 bits per heavy atom. The quantitative estimate of drug-likeness (QED) is 0.775. The summed E-state index contributed by atoms with van der Waals surface area (Å²) in [6.45, 7) is 3.86. The standard InChI is InChI=1S/C19H20N4O2/c1-13-16(14(2)23(3)22-13)11-19(24)21-17-12-20-10-9-18(17)25-15-7-5-4-6-8-15/h4-10,12H,11H2,1-3H3,(H,21,24). The Morgan fingerprint density at radius 3 is 2.64 bits per heavy atom. The molecule has 0 bridgehead atoms. The minimum absolute atomic E-state index is 0.134.